The molecule has 2 aliphatic heterocycles. The minimum Gasteiger partial charge on any atom is -0.363 e. The molecule has 2 heterocycles. The van der Waals surface area contributed by atoms with Crippen molar-refractivity contribution in [2.75, 3.05) is 33.3 Å². The van der Waals surface area contributed by atoms with E-state index in [9.17, 15) is 4.79 Å². The second-order valence-corrected chi connectivity index (χ2v) is 5.70. The standard InChI is InChI=1S/C16H22N2O2/c1-17-10-12-6-8-18(11-12)16(19)15-14-5-3-2-4-13(14)7-9-20-15/h2-5,12,15,17H,6-11H2,1H3/t12-,15-/m0/s1. The first-order valence-corrected chi connectivity index (χ1v) is 7.42. The first-order chi connectivity index (χ1) is 9.79. The Balaban J connectivity index is 1.73. The molecule has 1 aromatic carbocycles. The summed E-state index contributed by atoms with van der Waals surface area (Å²) in [5, 5.41) is 3.20. The molecule has 2 aliphatic rings. The maximum absolute atomic E-state index is 12.7. The van der Waals surface area contributed by atoms with Crippen LogP contribution in [-0.2, 0) is 16.0 Å². The molecule has 0 unspecified atom stereocenters. The van der Waals surface area contributed by atoms with Crippen molar-refractivity contribution < 1.29 is 9.53 Å². The van der Waals surface area contributed by atoms with E-state index in [1.165, 1.54) is 5.56 Å². The Hall–Kier alpha value is -1.39. The number of hydrogen-bond acceptors (Lipinski definition) is 3. The number of amides is 1. The van der Waals surface area contributed by atoms with Gasteiger partial charge < -0.3 is 15.0 Å². The fourth-order valence-corrected chi connectivity index (χ4v) is 3.25. The van der Waals surface area contributed by atoms with Crippen molar-refractivity contribution in [1.82, 2.24) is 10.2 Å². The summed E-state index contributed by atoms with van der Waals surface area (Å²) in [4.78, 5) is 14.7. The van der Waals surface area contributed by atoms with Gasteiger partial charge in [0.15, 0.2) is 6.10 Å². The molecule has 20 heavy (non-hydrogen) atoms. The van der Waals surface area contributed by atoms with E-state index in [0.29, 0.717) is 12.5 Å². The van der Waals surface area contributed by atoms with Crippen LogP contribution in [0, 0.1) is 5.92 Å². The van der Waals surface area contributed by atoms with Crippen LogP contribution in [0.15, 0.2) is 24.3 Å². The van der Waals surface area contributed by atoms with Gasteiger partial charge in [-0.1, -0.05) is 24.3 Å². The summed E-state index contributed by atoms with van der Waals surface area (Å²) < 4.78 is 5.77. The molecule has 1 saturated heterocycles. The van der Waals surface area contributed by atoms with Gasteiger partial charge in [-0.05, 0) is 43.5 Å². The van der Waals surface area contributed by atoms with Crippen LogP contribution in [0.2, 0.25) is 0 Å². The third-order valence-electron chi connectivity index (χ3n) is 4.31. The van der Waals surface area contributed by atoms with Gasteiger partial charge in [0.2, 0.25) is 0 Å². The molecule has 1 fully saturated rings. The van der Waals surface area contributed by atoms with E-state index >= 15 is 0 Å². The third kappa shape index (κ3) is 2.58. The van der Waals surface area contributed by atoms with E-state index in [1.54, 1.807) is 0 Å². The Labute approximate surface area is 120 Å². The number of nitrogens with one attached hydrogen (secondary N) is 1. The normalized spacial score (nSPS) is 25.6. The van der Waals surface area contributed by atoms with Gasteiger partial charge in [-0.25, -0.2) is 0 Å². The highest BCUT2D eigenvalue weighted by Crippen LogP contribution is 2.30. The zero-order valence-corrected chi connectivity index (χ0v) is 12.0. The Morgan fingerprint density at radius 3 is 3.15 bits per heavy atom. The lowest BCUT2D eigenvalue weighted by Crippen LogP contribution is -2.37. The summed E-state index contributed by atoms with van der Waals surface area (Å²) in [5.41, 5.74) is 2.31. The molecule has 0 bridgehead atoms. The fraction of sp³-hybridized carbons (Fsp3) is 0.562. The molecule has 1 N–H and O–H groups in total. The number of rotatable bonds is 3. The molecule has 1 amide bonds. The van der Waals surface area contributed by atoms with E-state index in [4.69, 9.17) is 4.74 Å². The zero-order valence-electron chi connectivity index (χ0n) is 12.0. The highest BCUT2D eigenvalue weighted by Gasteiger charge is 2.34. The summed E-state index contributed by atoms with van der Waals surface area (Å²) in [6, 6.07) is 8.15. The first-order valence-electron chi connectivity index (χ1n) is 7.42. The second kappa shape index (κ2) is 5.94. The lowest BCUT2D eigenvalue weighted by molar-refractivity contribution is -0.144. The van der Waals surface area contributed by atoms with Crippen LogP contribution in [0.4, 0.5) is 0 Å². The van der Waals surface area contributed by atoms with Crippen molar-refractivity contribution in [3.05, 3.63) is 35.4 Å². The highest BCUT2D eigenvalue weighted by molar-refractivity contribution is 5.83. The molecule has 0 radical (unpaired) electrons. The van der Waals surface area contributed by atoms with Crippen LogP contribution < -0.4 is 5.32 Å². The second-order valence-electron chi connectivity index (χ2n) is 5.70. The number of carbonyl (C=O) groups excluding carboxylic acids is 1. The van der Waals surface area contributed by atoms with Crippen LogP contribution in [0.5, 0.6) is 0 Å². The average Bonchev–Trinajstić information content (AvgIpc) is 2.95. The van der Waals surface area contributed by atoms with E-state index in [-0.39, 0.29) is 5.91 Å². The third-order valence-corrected chi connectivity index (χ3v) is 4.31. The van der Waals surface area contributed by atoms with Gasteiger partial charge >= 0.3 is 0 Å². The number of fused-ring (bicyclic) bond motifs is 1. The molecule has 0 aromatic heterocycles. The molecular formula is C16H22N2O2. The van der Waals surface area contributed by atoms with Crippen molar-refractivity contribution in [3.8, 4) is 0 Å². The minimum atomic E-state index is -0.395. The average molecular weight is 274 g/mol. The molecule has 3 rings (SSSR count). The van der Waals surface area contributed by atoms with Gasteiger partial charge in [0, 0.05) is 13.1 Å². The lowest BCUT2D eigenvalue weighted by atomic mass is 9.97. The lowest BCUT2D eigenvalue weighted by Gasteiger charge is -2.28. The van der Waals surface area contributed by atoms with Gasteiger partial charge in [0.1, 0.15) is 0 Å². The molecule has 2 atom stereocenters. The predicted molar refractivity (Wildman–Crippen MR) is 77.5 cm³/mol. The Morgan fingerprint density at radius 1 is 1.45 bits per heavy atom. The van der Waals surface area contributed by atoms with Crippen molar-refractivity contribution in [1.29, 1.82) is 0 Å². The van der Waals surface area contributed by atoms with E-state index in [2.05, 4.69) is 11.4 Å². The van der Waals surface area contributed by atoms with Gasteiger partial charge in [0.25, 0.3) is 5.91 Å². The Bertz CT molecular complexity index is 489. The van der Waals surface area contributed by atoms with Crippen LogP contribution in [0.1, 0.15) is 23.7 Å². The van der Waals surface area contributed by atoms with Crippen LogP contribution in [0.3, 0.4) is 0 Å². The number of ether oxygens (including phenoxy) is 1. The van der Waals surface area contributed by atoms with Crippen LogP contribution >= 0.6 is 0 Å². The molecular weight excluding hydrogens is 252 g/mol. The number of carbonyl (C=O) groups is 1. The SMILES string of the molecule is CNC[C@@H]1CCN(C(=O)[C@H]2OCCc3ccccc32)C1. The summed E-state index contributed by atoms with van der Waals surface area (Å²) in [6.07, 6.45) is 1.59. The molecule has 108 valence electrons. The number of nitrogens with zero attached hydrogens (tertiary/aromatic N) is 1. The quantitative estimate of drug-likeness (QED) is 0.905. The van der Waals surface area contributed by atoms with Crippen molar-refractivity contribution in [2.24, 2.45) is 5.92 Å². The number of hydrogen-bond donors (Lipinski definition) is 1. The topological polar surface area (TPSA) is 41.6 Å². The molecule has 0 saturated carbocycles. The molecule has 0 spiro atoms. The van der Waals surface area contributed by atoms with Crippen molar-refractivity contribution in [3.63, 3.8) is 0 Å². The zero-order chi connectivity index (χ0) is 13.9. The molecule has 1 aromatic rings. The number of likely N-dealkylation sites (tertiary alicyclic amines) is 1. The van der Waals surface area contributed by atoms with Crippen LogP contribution in [-0.4, -0.2) is 44.1 Å². The highest BCUT2D eigenvalue weighted by atomic mass is 16.5. The van der Waals surface area contributed by atoms with E-state index in [1.807, 2.05) is 30.1 Å². The van der Waals surface area contributed by atoms with Gasteiger partial charge in [-0.15, -0.1) is 0 Å². The fourth-order valence-electron chi connectivity index (χ4n) is 3.25. The largest absolute Gasteiger partial charge is 0.363 e. The maximum Gasteiger partial charge on any atom is 0.256 e. The monoisotopic (exact) mass is 274 g/mol. The van der Waals surface area contributed by atoms with Gasteiger partial charge in [-0.2, -0.15) is 0 Å². The molecule has 0 aliphatic carbocycles. The Kier molecular flexibility index (Phi) is 4.03. The summed E-state index contributed by atoms with van der Waals surface area (Å²) in [6.45, 7) is 3.32. The summed E-state index contributed by atoms with van der Waals surface area (Å²) >= 11 is 0. The molecule has 4 nitrogen and oxygen atoms in total. The van der Waals surface area contributed by atoms with E-state index < -0.39 is 6.10 Å². The first kappa shape index (κ1) is 13.6. The summed E-state index contributed by atoms with van der Waals surface area (Å²) in [7, 11) is 1.96. The molecule has 4 heteroatoms. The van der Waals surface area contributed by atoms with Crippen molar-refractivity contribution >= 4 is 5.91 Å². The Morgan fingerprint density at radius 2 is 2.30 bits per heavy atom. The van der Waals surface area contributed by atoms with E-state index in [0.717, 1.165) is 38.0 Å². The van der Waals surface area contributed by atoms with Crippen LogP contribution in [0.25, 0.3) is 0 Å². The van der Waals surface area contributed by atoms with Crippen molar-refractivity contribution in [2.45, 2.75) is 18.9 Å². The smallest absolute Gasteiger partial charge is 0.256 e. The predicted octanol–water partition coefficient (Wildman–Crippen LogP) is 1.37. The van der Waals surface area contributed by atoms with Gasteiger partial charge in [0.05, 0.1) is 6.61 Å². The maximum atomic E-state index is 12.7. The number of benzene rings is 1. The minimum absolute atomic E-state index is 0.135. The van der Waals surface area contributed by atoms with Gasteiger partial charge in [-0.3, -0.25) is 4.79 Å². The summed E-state index contributed by atoms with van der Waals surface area (Å²) in [5.74, 6) is 0.707.